The van der Waals surface area contributed by atoms with E-state index in [1.807, 2.05) is 36.0 Å². The van der Waals surface area contributed by atoms with Crippen LogP contribution >= 0.6 is 0 Å². The Morgan fingerprint density at radius 2 is 1.92 bits per heavy atom. The van der Waals surface area contributed by atoms with Crippen molar-refractivity contribution in [1.29, 1.82) is 0 Å². The number of carbonyl (C=O) groups excluding carboxylic acids is 2. The maximum absolute atomic E-state index is 12.9. The minimum Gasteiger partial charge on any atom is -0.355 e. The van der Waals surface area contributed by atoms with Gasteiger partial charge in [-0.05, 0) is 36.5 Å². The molecule has 3 N–H and O–H groups in total. The van der Waals surface area contributed by atoms with E-state index in [0.717, 1.165) is 31.2 Å². The highest BCUT2D eigenvalue weighted by Crippen LogP contribution is 2.36. The number of nitrogens with zero attached hydrogens (tertiary/aromatic N) is 2. The van der Waals surface area contributed by atoms with E-state index in [2.05, 4.69) is 20.8 Å². The highest BCUT2D eigenvalue weighted by atomic mass is 16.2. The smallest absolute Gasteiger partial charge is 0.246 e. The van der Waals surface area contributed by atoms with Crippen molar-refractivity contribution in [3.05, 3.63) is 42.5 Å². The summed E-state index contributed by atoms with van der Waals surface area (Å²) < 4.78 is 2.05. The lowest BCUT2D eigenvalue weighted by Crippen LogP contribution is -2.48. The van der Waals surface area contributed by atoms with Crippen LogP contribution in [0.1, 0.15) is 38.2 Å². The maximum Gasteiger partial charge on any atom is 0.246 e. The van der Waals surface area contributed by atoms with Crippen LogP contribution in [0.5, 0.6) is 0 Å². The first kappa shape index (κ1) is 18.2. The van der Waals surface area contributed by atoms with Crippen LogP contribution in [0.4, 0.5) is 0 Å². The molecule has 3 rings (SSSR count). The molecule has 0 aromatic carbocycles. The van der Waals surface area contributed by atoms with Crippen molar-refractivity contribution in [1.82, 2.24) is 25.4 Å². The molecule has 0 spiro atoms. The fourth-order valence-electron chi connectivity index (χ4n) is 3.60. The molecular formula is C19H27N5O2. The number of rotatable bonds is 8. The van der Waals surface area contributed by atoms with Crippen LogP contribution in [0.2, 0.25) is 0 Å². The van der Waals surface area contributed by atoms with Gasteiger partial charge in [-0.25, -0.2) is 0 Å². The van der Waals surface area contributed by atoms with Crippen LogP contribution in [-0.4, -0.2) is 39.7 Å². The molecule has 7 heteroatoms. The van der Waals surface area contributed by atoms with Crippen molar-refractivity contribution in [3.8, 4) is 0 Å². The van der Waals surface area contributed by atoms with Crippen LogP contribution < -0.4 is 10.6 Å². The van der Waals surface area contributed by atoms with Crippen LogP contribution in [-0.2, 0) is 21.5 Å². The Bertz CT molecular complexity index is 702. The zero-order valence-corrected chi connectivity index (χ0v) is 15.2. The van der Waals surface area contributed by atoms with Gasteiger partial charge < -0.3 is 15.2 Å². The number of carbonyl (C=O) groups is 2. The van der Waals surface area contributed by atoms with E-state index in [1.165, 1.54) is 0 Å². The van der Waals surface area contributed by atoms with E-state index in [4.69, 9.17) is 0 Å². The summed E-state index contributed by atoms with van der Waals surface area (Å²) in [5.74, 6) is 0.210. The van der Waals surface area contributed by atoms with E-state index >= 15 is 0 Å². The minimum atomic E-state index is -0.451. The molecule has 2 aromatic rings. The first-order chi connectivity index (χ1) is 12.6. The van der Waals surface area contributed by atoms with E-state index in [0.29, 0.717) is 19.5 Å². The standard InChI is InChI=1S/C19H27N5O2/c1-15(11-20-17(25)10-16-13-22-23-14-16)12-21-18(26)19(6-2-3-7-19)24-8-4-5-9-24/h4-5,8-9,13-15H,2-3,6-7,10-12H2,1H3,(H,20,25)(H,21,26)(H,22,23)/t15-/m1/s1. The maximum atomic E-state index is 12.9. The average Bonchev–Trinajstić information content (AvgIpc) is 3.39. The molecule has 1 aliphatic rings. The summed E-state index contributed by atoms with van der Waals surface area (Å²) in [5, 5.41) is 12.5. The number of amides is 2. The average molecular weight is 357 g/mol. The second-order valence-electron chi connectivity index (χ2n) is 7.23. The van der Waals surface area contributed by atoms with Gasteiger partial charge in [0.15, 0.2) is 0 Å². The summed E-state index contributed by atoms with van der Waals surface area (Å²) in [4.78, 5) is 24.8. The molecular weight excluding hydrogens is 330 g/mol. The van der Waals surface area contributed by atoms with Gasteiger partial charge in [-0.1, -0.05) is 19.8 Å². The van der Waals surface area contributed by atoms with Gasteiger partial charge in [0, 0.05) is 31.7 Å². The van der Waals surface area contributed by atoms with E-state index in [9.17, 15) is 9.59 Å². The fraction of sp³-hybridized carbons (Fsp3) is 0.526. The second-order valence-corrected chi connectivity index (χ2v) is 7.23. The largest absolute Gasteiger partial charge is 0.355 e. The molecule has 1 atom stereocenters. The number of hydrogen-bond donors (Lipinski definition) is 3. The highest BCUT2D eigenvalue weighted by molar-refractivity contribution is 5.84. The van der Waals surface area contributed by atoms with Crippen molar-refractivity contribution < 1.29 is 9.59 Å². The highest BCUT2D eigenvalue weighted by Gasteiger charge is 2.42. The summed E-state index contributed by atoms with van der Waals surface area (Å²) in [6.07, 6.45) is 11.5. The fourth-order valence-corrected chi connectivity index (χ4v) is 3.60. The third-order valence-electron chi connectivity index (χ3n) is 5.13. The molecule has 7 nitrogen and oxygen atoms in total. The van der Waals surface area contributed by atoms with Gasteiger partial charge in [-0.15, -0.1) is 0 Å². The molecule has 0 saturated heterocycles. The second kappa shape index (κ2) is 8.21. The summed E-state index contributed by atoms with van der Waals surface area (Å²) >= 11 is 0. The van der Waals surface area contributed by atoms with Crippen molar-refractivity contribution in [2.24, 2.45) is 5.92 Å². The molecule has 2 heterocycles. The molecule has 2 amide bonds. The van der Waals surface area contributed by atoms with E-state index in [1.54, 1.807) is 12.4 Å². The third-order valence-corrected chi connectivity index (χ3v) is 5.13. The zero-order valence-electron chi connectivity index (χ0n) is 15.2. The van der Waals surface area contributed by atoms with Gasteiger partial charge in [-0.2, -0.15) is 5.10 Å². The topological polar surface area (TPSA) is 91.8 Å². The Morgan fingerprint density at radius 3 is 2.58 bits per heavy atom. The van der Waals surface area contributed by atoms with Gasteiger partial charge >= 0.3 is 0 Å². The van der Waals surface area contributed by atoms with Crippen molar-refractivity contribution >= 4 is 11.8 Å². The lowest BCUT2D eigenvalue weighted by molar-refractivity contribution is -0.129. The predicted octanol–water partition coefficient (Wildman–Crippen LogP) is 1.59. The first-order valence-electron chi connectivity index (χ1n) is 9.26. The molecule has 26 heavy (non-hydrogen) atoms. The number of aromatic amines is 1. The minimum absolute atomic E-state index is 0.0378. The van der Waals surface area contributed by atoms with Crippen LogP contribution in [0.25, 0.3) is 0 Å². The Morgan fingerprint density at radius 1 is 1.23 bits per heavy atom. The predicted molar refractivity (Wildman–Crippen MR) is 98.3 cm³/mol. The van der Waals surface area contributed by atoms with E-state index < -0.39 is 5.54 Å². The Balaban J connectivity index is 1.45. The normalized spacial score (nSPS) is 17.0. The Kier molecular flexibility index (Phi) is 5.75. The van der Waals surface area contributed by atoms with Crippen molar-refractivity contribution in [3.63, 3.8) is 0 Å². The quantitative estimate of drug-likeness (QED) is 0.670. The molecule has 2 aromatic heterocycles. The van der Waals surface area contributed by atoms with Gasteiger partial charge in [0.05, 0.1) is 12.6 Å². The molecule has 0 unspecified atom stereocenters. The van der Waals surface area contributed by atoms with Crippen LogP contribution in [0.15, 0.2) is 36.9 Å². The van der Waals surface area contributed by atoms with Gasteiger partial charge in [-0.3, -0.25) is 14.7 Å². The lowest BCUT2D eigenvalue weighted by Gasteiger charge is -2.30. The number of aromatic nitrogens is 3. The van der Waals surface area contributed by atoms with Crippen LogP contribution in [0, 0.1) is 5.92 Å². The van der Waals surface area contributed by atoms with Gasteiger partial charge in [0.25, 0.3) is 0 Å². The Hall–Kier alpha value is -2.57. The number of nitrogens with one attached hydrogen (secondary N) is 3. The lowest BCUT2D eigenvalue weighted by atomic mass is 9.95. The number of hydrogen-bond acceptors (Lipinski definition) is 3. The summed E-state index contributed by atoms with van der Waals surface area (Å²) in [7, 11) is 0. The molecule has 140 valence electrons. The molecule has 1 saturated carbocycles. The summed E-state index contributed by atoms with van der Waals surface area (Å²) in [6, 6.07) is 3.93. The first-order valence-corrected chi connectivity index (χ1v) is 9.26. The van der Waals surface area contributed by atoms with Crippen molar-refractivity contribution in [2.45, 2.75) is 44.6 Å². The molecule has 1 aliphatic carbocycles. The van der Waals surface area contributed by atoms with Crippen LogP contribution in [0.3, 0.4) is 0 Å². The Labute approximate surface area is 153 Å². The SMILES string of the molecule is C[C@H](CNC(=O)Cc1cn[nH]c1)CNC(=O)C1(n2cccc2)CCCC1. The van der Waals surface area contributed by atoms with Gasteiger partial charge in [0.2, 0.25) is 11.8 Å². The summed E-state index contributed by atoms with van der Waals surface area (Å²) in [5.41, 5.74) is 0.409. The monoisotopic (exact) mass is 357 g/mol. The van der Waals surface area contributed by atoms with E-state index in [-0.39, 0.29) is 17.7 Å². The van der Waals surface area contributed by atoms with Gasteiger partial charge in [0.1, 0.15) is 5.54 Å². The third kappa shape index (κ3) is 4.15. The number of H-pyrrole nitrogens is 1. The van der Waals surface area contributed by atoms with Crippen molar-refractivity contribution in [2.75, 3.05) is 13.1 Å². The molecule has 1 fully saturated rings. The molecule has 0 radical (unpaired) electrons. The summed E-state index contributed by atoms with van der Waals surface area (Å²) in [6.45, 7) is 3.11. The zero-order chi connectivity index (χ0) is 18.4. The molecule has 0 bridgehead atoms. The molecule has 0 aliphatic heterocycles.